The van der Waals surface area contributed by atoms with Crippen molar-refractivity contribution in [3.8, 4) is 0 Å². The number of nitrogens with zero attached hydrogens (tertiary/aromatic N) is 1. The van der Waals surface area contributed by atoms with Crippen LogP contribution in [-0.2, 0) is 10.0 Å². The van der Waals surface area contributed by atoms with Crippen LogP contribution in [-0.4, -0.2) is 32.5 Å². The maximum atomic E-state index is 12.0. The van der Waals surface area contributed by atoms with Crippen molar-refractivity contribution in [2.75, 3.05) is 13.1 Å². The summed E-state index contributed by atoms with van der Waals surface area (Å²) in [4.78, 5) is 3.95. The number of hydrogen-bond acceptors (Lipinski definition) is 4. The normalized spacial score (nSPS) is 17.2. The molecule has 0 unspecified atom stereocenters. The van der Waals surface area contributed by atoms with Crippen LogP contribution in [0.5, 0.6) is 0 Å². The van der Waals surface area contributed by atoms with Crippen LogP contribution in [0.4, 0.5) is 0 Å². The standard InChI is InChI=1S/C11H17N3O2S.ClH/c1-9-2-3-11(13-8-9)17(15,16)14-10-4-6-12-7-5-10;/h2-3,8,10,12,14H,4-7H2,1H3;1H. The molecule has 5 nitrogen and oxygen atoms in total. The Morgan fingerprint density at radius 1 is 1.33 bits per heavy atom. The molecule has 0 saturated carbocycles. The smallest absolute Gasteiger partial charge is 0.258 e. The Kier molecular flexibility index (Phi) is 5.52. The summed E-state index contributed by atoms with van der Waals surface area (Å²) in [6, 6.07) is 3.31. The summed E-state index contributed by atoms with van der Waals surface area (Å²) in [7, 11) is -3.47. The lowest BCUT2D eigenvalue weighted by molar-refractivity contribution is 0.426. The zero-order valence-corrected chi connectivity index (χ0v) is 11.9. The van der Waals surface area contributed by atoms with Crippen LogP contribution in [0.25, 0.3) is 0 Å². The highest BCUT2D eigenvalue weighted by molar-refractivity contribution is 7.89. The fourth-order valence-electron chi connectivity index (χ4n) is 1.83. The fraction of sp³-hybridized carbons (Fsp3) is 0.545. The molecule has 1 aromatic heterocycles. The molecule has 18 heavy (non-hydrogen) atoms. The van der Waals surface area contributed by atoms with Gasteiger partial charge in [0.15, 0.2) is 5.03 Å². The lowest BCUT2D eigenvalue weighted by Gasteiger charge is -2.23. The minimum Gasteiger partial charge on any atom is -0.317 e. The molecule has 0 amide bonds. The number of rotatable bonds is 3. The highest BCUT2D eigenvalue weighted by Gasteiger charge is 2.22. The van der Waals surface area contributed by atoms with Gasteiger partial charge in [0.05, 0.1) is 0 Å². The molecular formula is C11H18ClN3O2S. The highest BCUT2D eigenvalue weighted by atomic mass is 35.5. The number of hydrogen-bond donors (Lipinski definition) is 2. The Morgan fingerprint density at radius 3 is 2.56 bits per heavy atom. The van der Waals surface area contributed by atoms with Gasteiger partial charge in [-0.3, -0.25) is 0 Å². The van der Waals surface area contributed by atoms with E-state index in [4.69, 9.17) is 0 Å². The van der Waals surface area contributed by atoms with Gasteiger partial charge in [-0.1, -0.05) is 6.07 Å². The molecule has 0 atom stereocenters. The molecule has 0 spiro atoms. The van der Waals surface area contributed by atoms with Crippen molar-refractivity contribution in [2.45, 2.75) is 30.8 Å². The maximum absolute atomic E-state index is 12.0. The van der Waals surface area contributed by atoms with Crippen LogP contribution < -0.4 is 10.0 Å². The molecule has 1 saturated heterocycles. The predicted molar refractivity (Wildman–Crippen MR) is 72.4 cm³/mol. The van der Waals surface area contributed by atoms with Gasteiger partial charge in [0.25, 0.3) is 10.0 Å². The van der Waals surface area contributed by atoms with E-state index in [1.807, 2.05) is 6.92 Å². The number of aryl methyl sites for hydroxylation is 1. The first-order valence-corrected chi connectivity index (χ1v) is 7.22. The van der Waals surface area contributed by atoms with E-state index in [0.29, 0.717) is 0 Å². The van der Waals surface area contributed by atoms with Crippen molar-refractivity contribution in [1.82, 2.24) is 15.0 Å². The number of aromatic nitrogens is 1. The highest BCUT2D eigenvalue weighted by Crippen LogP contribution is 2.10. The first kappa shape index (κ1) is 15.4. The van der Waals surface area contributed by atoms with Gasteiger partial charge in [-0.15, -0.1) is 12.4 Å². The monoisotopic (exact) mass is 291 g/mol. The summed E-state index contributed by atoms with van der Waals surface area (Å²) in [5.74, 6) is 0. The molecule has 2 heterocycles. The summed E-state index contributed by atoms with van der Waals surface area (Å²) < 4.78 is 26.7. The minimum absolute atomic E-state index is 0. The predicted octanol–water partition coefficient (Wildman–Crippen LogP) is 0.842. The largest absolute Gasteiger partial charge is 0.317 e. The summed E-state index contributed by atoms with van der Waals surface area (Å²) >= 11 is 0. The van der Waals surface area contributed by atoms with Crippen LogP contribution in [0.2, 0.25) is 0 Å². The lowest BCUT2D eigenvalue weighted by atomic mass is 10.1. The second-order valence-electron chi connectivity index (χ2n) is 4.32. The Labute approximate surface area is 114 Å². The van der Waals surface area contributed by atoms with E-state index in [-0.39, 0.29) is 23.5 Å². The number of piperidine rings is 1. The van der Waals surface area contributed by atoms with Crippen molar-refractivity contribution >= 4 is 22.4 Å². The van der Waals surface area contributed by atoms with Gasteiger partial charge in [-0.25, -0.2) is 18.1 Å². The summed E-state index contributed by atoms with van der Waals surface area (Å²) in [5.41, 5.74) is 0.950. The van der Waals surface area contributed by atoms with Crippen molar-refractivity contribution in [1.29, 1.82) is 0 Å². The molecular weight excluding hydrogens is 274 g/mol. The third-order valence-electron chi connectivity index (χ3n) is 2.82. The SMILES string of the molecule is Cc1ccc(S(=O)(=O)NC2CCNCC2)nc1.Cl. The summed E-state index contributed by atoms with van der Waals surface area (Å²) in [6.45, 7) is 3.59. The average Bonchev–Trinajstić information content (AvgIpc) is 2.30. The van der Waals surface area contributed by atoms with E-state index in [1.165, 1.54) is 0 Å². The number of sulfonamides is 1. The van der Waals surface area contributed by atoms with Crippen molar-refractivity contribution in [2.24, 2.45) is 0 Å². The first-order valence-electron chi connectivity index (χ1n) is 5.74. The Morgan fingerprint density at radius 2 is 2.00 bits per heavy atom. The average molecular weight is 292 g/mol. The van der Waals surface area contributed by atoms with Crippen LogP contribution in [0.1, 0.15) is 18.4 Å². The second-order valence-corrected chi connectivity index (χ2v) is 5.98. The number of nitrogens with one attached hydrogen (secondary N) is 2. The van der Waals surface area contributed by atoms with Gasteiger partial charge < -0.3 is 5.32 Å². The molecule has 2 rings (SSSR count). The van der Waals surface area contributed by atoms with Crippen molar-refractivity contribution in [3.63, 3.8) is 0 Å². The molecule has 1 aliphatic rings. The van der Waals surface area contributed by atoms with Crippen LogP contribution in [0.15, 0.2) is 23.4 Å². The van der Waals surface area contributed by atoms with Gasteiger partial charge in [0.2, 0.25) is 0 Å². The van der Waals surface area contributed by atoms with Gasteiger partial charge in [0.1, 0.15) is 0 Å². The quantitative estimate of drug-likeness (QED) is 0.866. The zero-order chi connectivity index (χ0) is 12.3. The fourth-order valence-corrected chi connectivity index (χ4v) is 3.07. The van der Waals surface area contributed by atoms with Crippen molar-refractivity contribution < 1.29 is 8.42 Å². The van der Waals surface area contributed by atoms with E-state index >= 15 is 0 Å². The number of pyridine rings is 1. The second kappa shape index (κ2) is 6.47. The molecule has 0 bridgehead atoms. The lowest BCUT2D eigenvalue weighted by Crippen LogP contribution is -2.42. The zero-order valence-electron chi connectivity index (χ0n) is 10.2. The minimum atomic E-state index is -3.47. The van der Waals surface area contributed by atoms with E-state index in [1.54, 1.807) is 18.3 Å². The van der Waals surface area contributed by atoms with Gasteiger partial charge in [0, 0.05) is 12.2 Å². The van der Waals surface area contributed by atoms with Crippen molar-refractivity contribution in [3.05, 3.63) is 23.9 Å². The number of halogens is 1. The molecule has 0 aliphatic carbocycles. The Bertz CT molecular complexity index is 470. The molecule has 0 radical (unpaired) electrons. The van der Waals surface area contributed by atoms with E-state index in [2.05, 4.69) is 15.0 Å². The van der Waals surface area contributed by atoms with E-state index in [0.717, 1.165) is 31.5 Å². The first-order chi connectivity index (χ1) is 8.08. The van der Waals surface area contributed by atoms with Gasteiger partial charge >= 0.3 is 0 Å². The van der Waals surface area contributed by atoms with E-state index < -0.39 is 10.0 Å². The maximum Gasteiger partial charge on any atom is 0.258 e. The molecule has 1 fully saturated rings. The summed E-state index contributed by atoms with van der Waals surface area (Å²) in [5, 5.41) is 3.30. The molecule has 102 valence electrons. The molecule has 0 aromatic carbocycles. The molecule has 2 N–H and O–H groups in total. The third-order valence-corrected chi connectivity index (χ3v) is 4.26. The van der Waals surface area contributed by atoms with Crippen LogP contribution in [0.3, 0.4) is 0 Å². The van der Waals surface area contributed by atoms with Crippen LogP contribution in [0, 0.1) is 6.92 Å². The van der Waals surface area contributed by atoms with E-state index in [9.17, 15) is 8.42 Å². The third kappa shape index (κ3) is 3.91. The van der Waals surface area contributed by atoms with Gasteiger partial charge in [-0.05, 0) is 44.5 Å². The molecule has 1 aromatic rings. The Hall–Kier alpha value is -0.690. The van der Waals surface area contributed by atoms with Gasteiger partial charge in [-0.2, -0.15) is 0 Å². The topological polar surface area (TPSA) is 71.1 Å². The Balaban J connectivity index is 0.00000162. The molecule has 7 heteroatoms. The molecule has 1 aliphatic heterocycles. The summed E-state index contributed by atoms with van der Waals surface area (Å²) in [6.07, 6.45) is 3.22. The van der Waals surface area contributed by atoms with Crippen LogP contribution >= 0.6 is 12.4 Å².